The Morgan fingerprint density at radius 2 is 1.92 bits per heavy atom. The Morgan fingerprint density at radius 3 is 2.54 bits per heavy atom. The molecule has 0 aliphatic rings. The number of hydrogen-bond acceptors (Lipinski definition) is 5. The standard InChI is InChI=1S/C17H24N4O4.HI/c1-3-18-16(21-12-17(2,23)14-7-5-9-25-14)20-11-15(22)19-10-13-6-4-8-24-13;/h4-9,23H,3,10-12H2,1-2H3,(H,19,22)(H2,18,20,21);1H. The normalized spacial score (nSPS) is 13.4. The molecule has 0 aromatic carbocycles. The van der Waals surface area contributed by atoms with E-state index in [4.69, 9.17) is 8.83 Å². The first kappa shape index (κ1) is 22.0. The number of guanidine groups is 1. The number of aliphatic imine (C=N–C) groups is 1. The average Bonchev–Trinajstić information content (AvgIpc) is 3.29. The molecule has 2 aromatic rings. The molecule has 0 radical (unpaired) electrons. The molecule has 0 spiro atoms. The van der Waals surface area contributed by atoms with Gasteiger partial charge in [0.2, 0.25) is 5.91 Å². The third kappa shape index (κ3) is 7.08. The van der Waals surface area contributed by atoms with Gasteiger partial charge in [-0.25, -0.2) is 4.99 Å². The number of amides is 1. The fourth-order valence-corrected chi connectivity index (χ4v) is 2.08. The molecular weight excluding hydrogens is 451 g/mol. The smallest absolute Gasteiger partial charge is 0.242 e. The molecule has 2 rings (SSSR count). The van der Waals surface area contributed by atoms with Crippen molar-refractivity contribution in [1.82, 2.24) is 16.0 Å². The highest BCUT2D eigenvalue weighted by Gasteiger charge is 2.26. The monoisotopic (exact) mass is 476 g/mol. The molecule has 8 nitrogen and oxygen atoms in total. The van der Waals surface area contributed by atoms with Gasteiger partial charge in [0.25, 0.3) is 0 Å². The van der Waals surface area contributed by atoms with Crippen LogP contribution in [0.5, 0.6) is 0 Å². The molecule has 26 heavy (non-hydrogen) atoms. The molecule has 2 heterocycles. The lowest BCUT2D eigenvalue weighted by atomic mass is 10.0. The fourth-order valence-electron chi connectivity index (χ4n) is 2.08. The van der Waals surface area contributed by atoms with E-state index in [2.05, 4.69) is 20.9 Å². The number of nitrogens with one attached hydrogen (secondary N) is 3. The Balaban J connectivity index is 0.00000338. The summed E-state index contributed by atoms with van der Waals surface area (Å²) in [6.45, 7) is 4.64. The van der Waals surface area contributed by atoms with Gasteiger partial charge in [-0.05, 0) is 38.1 Å². The van der Waals surface area contributed by atoms with Crippen LogP contribution in [0.25, 0.3) is 0 Å². The summed E-state index contributed by atoms with van der Waals surface area (Å²) in [5.74, 6) is 1.33. The van der Waals surface area contributed by atoms with Crippen LogP contribution in [0.15, 0.2) is 50.6 Å². The van der Waals surface area contributed by atoms with Crippen molar-refractivity contribution in [1.29, 1.82) is 0 Å². The van der Waals surface area contributed by atoms with Crippen LogP contribution in [-0.2, 0) is 16.9 Å². The Kier molecular flexibility index (Phi) is 9.21. The van der Waals surface area contributed by atoms with Gasteiger partial charge < -0.3 is 29.9 Å². The van der Waals surface area contributed by atoms with Crippen LogP contribution in [-0.4, -0.2) is 36.6 Å². The lowest BCUT2D eigenvalue weighted by Gasteiger charge is -2.22. The summed E-state index contributed by atoms with van der Waals surface area (Å²) in [4.78, 5) is 16.1. The van der Waals surface area contributed by atoms with Gasteiger partial charge >= 0.3 is 0 Å². The molecule has 0 bridgehead atoms. The predicted molar refractivity (Wildman–Crippen MR) is 108 cm³/mol. The van der Waals surface area contributed by atoms with E-state index in [0.29, 0.717) is 30.6 Å². The van der Waals surface area contributed by atoms with E-state index in [1.54, 1.807) is 37.5 Å². The van der Waals surface area contributed by atoms with Gasteiger partial charge in [0.15, 0.2) is 5.96 Å². The number of carbonyl (C=O) groups is 1. The number of carbonyl (C=O) groups excluding carboxylic acids is 1. The van der Waals surface area contributed by atoms with E-state index in [1.807, 2.05) is 6.92 Å². The predicted octanol–water partition coefficient (Wildman–Crippen LogP) is 1.57. The SMILES string of the molecule is CCNC(=NCC(=O)NCc1ccco1)NCC(C)(O)c1ccco1.I. The highest BCUT2D eigenvalue weighted by Crippen LogP contribution is 2.19. The van der Waals surface area contributed by atoms with Crippen molar-refractivity contribution in [3.63, 3.8) is 0 Å². The van der Waals surface area contributed by atoms with E-state index in [1.165, 1.54) is 6.26 Å². The second-order valence-electron chi connectivity index (χ2n) is 5.66. The number of hydrogen-bond donors (Lipinski definition) is 4. The number of halogens is 1. The first-order valence-electron chi connectivity index (χ1n) is 8.09. The molecule has 0 saturated carbocycles. The summed E-state index contributed by atoms with van der Waals surface area (Å²) in [6, 6.07) is 6.96. The van der Waals surface area contributed by atoms with E-state index in [0.717, 1.165) is 0 Å². The minimum atomic E-state index is -1.19. The van der Waals surface area contributed by atoms with Gasteiger partial charge in [0.05, 0.1) is 25.6 Å². The lowest BCUT2D eigenvalue weighted by Crippen LogP contribution is -2.44. The molecule has 144 valence electrons. The second kappa shape index (κ2) is 10.9. The van der Waals surface area contributed by atoms with Gasteiger partial charge in [0.1, 0.15) is 23.7 Å². The van der Waals surface area contributed by atoms with Crippen LogP contribution in [0.1, 0.15) is 25.4 Å². The highest BCUT2D eigenvalue weighted by atomic mass is 127. The van der Waals surface area contributed by atoms with Crippen LogP contribution in [0.4, 0.5) is 0 Å². The summed E-state index contributed by atoms with van der Waals surface area (Å²) in [5, 5.41) is 19.2. The van der Waals surface area contributed by atoms with Crippen LogP contribution in [0.3, 0.4) is 0 Å². The third-order valence-corrected chi connectivity index (χ3v) is 3.42. The Labute approximate surface area is 169 Å². The average molecular weight is 476 g/mol. The molecule has 2 aromatic heterocycles. The zero-order valence-electron chi connectivity index (χ0n) is 14.8. The molecule has 0 aliphatic heterocycles. The summed E-state index contributed by atoms with van der Waals surface area (Å²) in [5.41, 5.74) is -1.19. The molecular formula is C17H25IN4O4. The van der Waals surface area contributed by atoms with Gasteiger partial charge in [-0.15, -0.1) is 24.0 Å². The number of rotatable bonds is 8. The molecule has 1 unspecified atom stereocenters. The van der Waals surface area contributed by atoms with Crippen molar-refractivity contribution in [2.24, 2.45) is 4.99 Å². The minimum Gasteiger partial charge on any atom is -0.467 e. The van der Waals surface area contributed by atoms with Crippen LogP contribution in [0, 0.1) is 0 Å². The first-order valence-corrected chi connectivity index (χ1v) is 8.09. The number of furan rings is 2. The molecule has 1 amide bonds. The molecule has 0 aliphatic carbocycles. The van der Waals surface area contributed by atoms with E-state index >= 15 is 0 Å². The molecule has 9 heteroatoms. The van der Waals surface area contributed by atoms with Gasteiger partial charge in [-0.3, -0.25) is 4.79 Å². The van der Waals surface area contributed by atoms with Crippen molar-refractivity contribution in [3.8, 4) is 0 Å². The van der Waals surface area contributed by atoms with Crippen molar-refractivity contribution >= 4 is 35.8 Å². The Bertz CT molecular complexity index is 669. The maximum Gasteiger partial charge on any atom is 0.242 e. The third-order valence-electron chi connectivity index (χ3n) is 3.42. The highest BCUT2D eigenvalue weighted by molar-refractivity contribution is 14.0. The maximum absolute atomic E-state index is 11.9. The Hall–Kier alpha value is -2.01. The summed E-state index contributed by atoms with van der Waals surface area (Å²) >= 11 is 0. The van der Waals surface area contributed by atoms with Crippen LogP contribution in [0.2, 0.25) is 0 Å². The zero-order valence-corrected chi connectivity index (χ0v) is 17.2. The minimum absolute atomic E-state index is 0. The largest absolute Gasteiger partial charge is 0.467 e. The number of aliphatic hydroxyl groups is 1. The molecule has 0 fully saturated rings. The van der Waals surface area contributed by atoms with E-state index < -0.39 is 5.60 Å². The van der Waals surface area contributed by atoms with Crippen LogP contribution >= 0.6 is 24.0 Å². The van der Waals surface area contributed by atoms with E-state index in [-0.39, 0.29) is 43.0 Å². The maximum atomic E-state index is 11.9. The van der Waals surface area contributed by atoms with Crippen molar-refractivity contribution in [2.45, 2.75) is 26.0 Å². The number of nitrogens with zero attached hydrogens (tertiary/aromatic N) is 1. The van der Waals surface area contributed by atoms with Gasteiger partial charge in [0, 0.05) is 6.54 Å². The lowest BCUT2D eigenvalue weighted by molar-refractivity contribution is -0.119. The fraction of sp³-hybridized carbons (Fsp3) is 0.412. The quantitative estimate of drug-likeness (QED) is 0.262. The Morgan fingerprint density at radius 1 is 1.19 bits per heavy atom. The summed E-state index contributed by atoms with van der Waals surface area (Å²) < 4.78 is 10.4. The first-order chi connectivity index (χ1) is 12.0. The molecule has 0 saturated heterocycles. The van der Waals surface area contributed by atoms with Crippen LogP contribution < -0.4 is 16.0 Å². The van der Waals surface area contributed by atoms with Crippen molar-refractivity contribution < 1.29 is 18.7 Å². The van der Waals surface area contributed by atoms with Crippen molar-refractivity contribution in [2.75, 3.05) is 19.6 Å². The van der Waals surface area contributed by atoms with Crippen molar-refractivity contribution in [3.05, 3.63) is 48.3 Å². The van der Waals surface area contributed by atoms with Gasteiger partial charge in [-0.2, -0.15) is 0 Å². The molecule has 1 atom stereocenters. The second-order valence-corrected chi connectivity index (χ2v) is 5.66. The van der Waals surface area contributed by atoms with E-state index in [9.17, 15) is 9.90 Å². The summed E-state index contributed by atoms with van der Waals surface area (Å²) in [6.07, 6.45) is 3.06. The summed E-state index contributed by atoms with van der Waals surface area (Å²) in [7, 11) is 0. The zero-order chi connectivity index (χ0) is 18.1. The van der Waals surface area contributed by atoms with Gasteiger partial charge in [-0.1, -0.05) is 0 Å². The molecule has 4 N–H and O–H groups in total. The topological polar surface area (TPSA) is 112 Å².